The number of nitriles is 1. The lowest BCUT2D eigenvalue weighted by molar-refractivity contribution is 0.175. The Morgan fingerprint density at radius 1 is 1.35 bits per heavy atom. The number of nitrogens with zero attached hydrogens (tertiary/aromatic N) is 2. The molecule has 0 aliphatic carbocycles. The van der Waals surface area contributed by atoms with Crippen LogP contribution in [0.5, 0.6) is 5.88 Å². The Hall–Kier alpha value is -1.50. The zero-order chi connectivity index (χ0) is 17.0. The van der Waals surface area contributed by atoms with E-state index in [1.165, 1.54) is 11.1 Å². The average Bonchev–Trinajstić information content (AvgIpc) is 2.49. The molecule has 1 aliphatic rings. The molecule has 1 saturated heterocycles. The Morgan fingerprint density at radius 3 is 2.52 bits per heavy atom. The molecule has 2 heterocycles. The summed E-state index contributed by atoms with van der Waals surface area (Å²) in [5.74, 6) is 3.18. The second-order valence-electron chi connectivity index (χ2n) is 7.81. The first-order valence-corrected chi connectivity index (χ1v) is 8.92. The maximum absolute atomic E-state index is 9.03. The molecule has 0 bridgehead atoms. The van der Waals surface area contributed by atoms with Crippen molar-refractivity contribution in [2.24, 2.45) is 0 Å². The number of aryl methyl sites for hydroxylation is 2. The van der Waals surface area contributed by atoms with Gasteiger partial charge in [-0.15, -0.1) is 0 Å². The highest BCUT2D eigenvalue weighted by atomic mass is 16.5. The van der Waals surface area contributed by atoms with Crippen molar-refractivity contribution in [3.63, 3.8) is 0 Å². The summed E-state index contributed by atoms with van der Waals surface area (Å²) in [5.41, 5.74) is 3.63. The van der Waals surface area contributed by atoms with Crippen molar-refractivity contribution in [3.8, 4) is 11.8 Å². The highest BCUT2D eigenvalue weighted by molar-refractivity contribution is 6.67. The second kappa shape index (κ2) is 7.38. The van der Waals surface area contributed by atoms with E-state index >= 15 is 0 Å². The van der Waals surface area contributed by atoms with E-state index in [0.717, 1.165) is 49.9 Å². The smallest absolute Gasteiger partial charge is 0.268 e. The van der Waals surface area contributed by atoms with Crippen LogP contribution in [0.4, 0.5) is 0 Å². The van der Waals surface area contributed by atoms with E-state index in [1.807, 2.05) is 0 Å². The Bertz CT molecular complexity index is 578. The first kappa shape index (κ1) is 17.9. The van der Waals surface area contributed by atoms with Gasteiger partial charge >= 0.3 is 0 Å². The molecular weight excluding hydrogens is 283 g/mol. The highest BCUT2D eigenvalue weighted by Gasteiger charge is 2.28. The summed E-state index contributed by atoms with van der Waals surface area (Å²) in [7, 11) is 0. The van der Waals surface area contributed by atoms with Crippen LogP contribution in [0.2, 0.25) is 12.6 Å². The Labute approximate surface area is 141 Å². The van der Waals surface area contributed by atoms with Crippen molar-refractivity contribution in [1.29, 1.82) is 5.26 Å². The largest absolute Gasteiger partial charge is 0.474 e. The van der Waals surface area contributed by atoms with Crippen molar-refractivity contribution in [2.75, 3.05) is 0 Å². The molecule has 1 aromatic heterocycles. The van der Waals surface area contributed by atoms with Gasteiger partial charge in [-0.05, 0) is 43.2 Å². The van der Waals surface area contributed by atoms with Crippen LogP contribution in [-0.4, -0.2) is 17.8 Å². The molecule has 0 atom stereocenters. The zero-order valence-electron chi connectivity index (χ0n) is 15.3. The van der Waals surface area contributed by atoms with Gasteiger partial charge in [0.2, 0.25) is 5.88 Å². The van der Waals surface area contributed by atoms with Crippen LogP contribution >= 0.6 is 0 Å². The van der Waals surface area contributed by atoms with Crippen LogP contribution in [0.1, 0.15) is 63.8 Å². The molecule has 1 aromatic rings. The number of ether oxygens (including phenoxy) is 1. The zero-order valence-corrected chi connectivity index (χ0v) is 15.3. The molecule has 3 nitrogen and oxygen atoms in total. The Morgan fingerprint density at radius 2 is 2.00 bits per heavy atom. The van der Waals surface area contributed by atoms with E-state index in [0.29, 0.717) is 0 Å². The van der Waals surface area contributed by atoms with Gasteiger partial charge in [-0.25, -0.2) is 10.2 Å². The molecule has 0 aromatic carbocycles. The fourth-order valence-electron chi connectivity index (χ4n) is 3.24. The van der Waals surface area contributed by atoms with E-state index in [4.69, 9.17) is 15.0 Å². The summed E-state index contributed by atoms with van der Waals surface area (Å²) in [6.45, 7) is 11.1. The minimum Gasteiger partial charge on any atom is -0.474 e. The fraction of sp³-hybridized carbons (Fsp3) is 0.684. The summed E-state index contributed by atoms with van der Waals surface area (Å²) in [5, 5.41) is 9.03. The maximum atomic E-state index is 9.03. The van der Waals surface area contributed by atoms with Gasteiger partial charge in [0.15, 0.2) is 0 Å². The molecule has 0 spiro atoms. The maximum Gasteiger partial charge on any atom is 0.268 e. The van der Waals surface area contributed by atoms with Crippen LogP contribution in [0.3, 0.4) is 0 Å². The first-order valence-electron chi connectivity index (χ1n) is 8.92. The lowest BCUT2D eigenvalue weighted by Gasteiger charge is -2.28. The van der Waals surface area contributed by atoms with Gasteiger partial charge in [0.05, 0.1) is 6.10 Å². The second-order valence-corrected chi connectivity index (χ2v) is 7.81. The third-order valence-electron chi connectivity index (χ3n) is 4.75. The topological polar surface area (TPSA) is 45.9 Å². The minimum atomic E-state index is 0.0163. The monoisotopic (exact) mass is 312 g/mol. The van der Waals surface area contributed by atoms with E-state index in [1.54, 1.807) is 0 Å². The van der Waals surface area contributed by atoms with Crippen LogP contribution < -0.4 is 4.74 Å². The minimum absolute atomic E-state index is 0.0163. The molecule has 0 unspecified atom stereocenters. The predicted molar refractivity (Wildman–Crippen MR) is 96.3 cm³/mol. The van der Waals surface area contributed by atoms with Gasteiger partial charge in [0.25, 0.3) is 6.71 Å². The number of rotatable bonds is 4. The molecule has 0 saturated carbocycles. The Kier molecular flexibility index (Phi) is 5.73. The van der Waals surface area contributed by atoms with E-state index in [-0.39, 0.29) is 18.2 Å². The molecule has 2 rings (SSSR count). The van der Waals surface area contributed by atoms with Crippen molar-refractivity contribution in [2.45, 2.75) is 84.5 Å². The van der Waals surface area contributed by atoms with Crippen LogP contribution in [0, 0.1) is 18.2 Å². The lowest BCUT2D eigenvalue weighted by Crippen LogP contribution is -2.29. The lowest BCUT2D eigenvalue weighted by atomic mass is 9.42. The van der Waals surface area contributed by atoms with Crippen molar-refractivity contribution < 1.29 is 4.74 Å². The molecule has 1 aliphatic heterocycles. The van der Waals surface area contributed by atoms with Gasteiger partial charge in [0.1, 0.15) is 0 Å². The molecule has 0 radical (unpaired) electrons. The van der Waals surface area contributed by atoms with Gasteiger partial charge < -0.3 is 4.74 Å². The molecular formula is C19H29BN2O. The predicted octanol–water partition coefficient (Wildman–Crippen LogP) is 4.74. The first-order chi connectivity index (χ1) is 10.8. The number of hydrogen-bond donors (Lipinski definition) is 0. The summed E-state index contributed by atoms with van der Waals surface area (Å²) in [6, 6.07) is 2.29. The normalized spacial score (nSPS) is 16.3. The SMILES string of the molecule is CCCc1cc(C(C)(C)C)c(OC2CCB(C#N)CC2)nc1C. The van der Waals surface area contributed by atoms with Gasteiger partial charge in [-0.1, -0.05) is 46.8 Å². The highest BCUT2D eigenvalue weighted by Crippen LogP contribution is 2.34. The summed E-state index contributed by atoms with van der Waals surface area (Å²) < 4.78 is 6.30. The third kappa shape index (κ3) is 4.50. The van der Waals surface area contributed by atoms with Gasteiger partial charge in [-0.3, -0.25) is 0 Å². The van der Waals surface area contributed by atoms with Crippen LogP contribution in [0.15, 0.2) is 6.07 Å². The van der Waals surface area contributed by atoms with Crippen LogP contribution in [-0.2, 0) is 11.8 Å². The quantitative estimate of drug-likeness (QED) is 0.754. The van der Waals surface area contributed by atoms with E-state index < -0.39 is 0 Å². The van der Waals surface area contributed by atoms with Crippen molar-refractivity contribution in [3.05, 3.63) is 22.9 Å². The summed E-state index contributed by atoms with van der Waals surface area (Å²) >= 11 is 0. The molecule has 0 N–H and O–H groups in total. The summed E-state index contributed by atoms with van der Waals surface area (Å²) in [4.78, 5) is 4.80. The van der Waals surface area contributed by atoms with Crippen molar-refractivity contribution >= 4 is 6.71 Å². The fourth-order valence-corrected chi connectivity index (χ4v) is 3.24. The third-order valence-corrected chi connectivity index (χ3v) is 4.75. The van der Waals surface area contributed by atoms with Crippen molar-refractivity contribution in [1.82, 2.24) is 4.98 Å². The van der Waals surface area contributed by atoms with E-state index in [9.17, 15) is 0 Å². The molecule has 4 heteroatoms. The average molecular weight is 312 g/mol. The Balaban J connectivity index is 2.23. The molecule has 1 fully saturated rings. The number of pyridine rings is 1. The van der Waals surface area contributed by atoms with Crippen LogP contribution in [0.25, 0.3) is 0 Å². The number of aromatic nitrogens is 1. The number of hydrogen-bond acceptors (Lipinski definition) is 3. The van der Waals surface area contributed by atoms with Gasteiger partial charge in [0, 0.05) is 17.2 Å². The summed E-state index contributed by atoms with van der Waals surface area (Å²) in [6.07, 6.45) is 6.20. The standard InChI is InChI=1S/C19H29BN2O/c1-6-7-15-12-17(19(3,4)5)18(22-14(15)2)23-16-8-10-20(13-21)11-9-16/h12,16H,6-11H2,1-5H3. The van der Waals surface area contributed by atoms with E-state index in [2.05, 4.69) is 46.7 Å². The molecule has 23 heavy (non-hydrogen) atoms. The molecule has 124 valence electrons. The van der Waals surface area contributed by atoms with Gasteiger partial charge in [-0.2, -0.15) is 0 Å². The molecule has 0 amide bonds.